The lowest BCUT2D eigenvalue weighted by Crippen LogP contribution is -2.46. The van der Waals surface area contributed by atoms with Crippen LogP contribution in [0.15, 0.2) is 42.2 Å². The van der Waals surface area contributed by atoms with Gasteiger partial charge in [-0.3, -0.25) is 0 Å². The van der Waals surface area contributed by atoms with Gasteiger partial charge in [-0.05, 0) is 57.0 Å². The van der Waals surface area contributed by atoms with Crippen LogP contribution in [0.3, 0.4) is 0 Å². The third kappa shape index (κ3) is 5.44. The Morgan fingerprint density at radius 3 is 2.86 bits per heavy atom. The van der Waals surface area contributed by atoms with Crippen molar-refractivity contribution in [2.24, 2.45) is 0 Å². The number of fused-ring (bicyclic) bond motifs is 2. The van der Waals surface area contributed by atoms with Crippen LogP contribution in [0.25, 0.3) is 26.8 Å². The average molecular weight is 491 g/mol. The van der Waals surface area contributed by atoms with Crippen molar-refractivity contribution in [2.45, 2.75) is 32.7 Å². The lowest BCUT2D eigenvalue weighted by Gasteiger charge is -2.27. The van der Waals surface area contributed by atoms with Crippen LogP contribution in [-0.2, 0) is 0 Å². The van der Waals surface area contributed by atoms with Crippen molar-refractivity contribution in [2.75, 3.05) is 31.5 Å². The van der Waals surface area contributed by atoms with Gasteiger partial charge in [-0.15, -0.1) is 11.3 Å². The summed E-state index contributed by atoms with van der Waals surface area (Å²) >= 11 is 1.61. The molecule has 0 fully saturated rings. The van der Waals surface area contributed by atoms with Gasteiger partial charge >= 0.3 is 6.03 Å². The topological polar surface area (TPSA) is 111 Å². The second kappa shape index (κ2) is 9.63. The first-order valence-corrected chi connectivity index (χ1v) is 12.6. The van der Waals surface area contributed by atoms with E-state index in [2.05, 4.69) is 74.9 Å². The van der Waals surface area contributed by atoms with Crippen LogP contribution in [-0.4, -0.2) is 62.6 Å². The predicted octanol–water partition coefficient (Wildman–Crippen LogP) is 4.50. The van der Waals surface area contributed by atoms with Gasteiger partial charge in [0.05, 0.1) is 21.1 Å². The summed E-state index contributed by atoms with van der Waals surface area (Å²) in [5, 5.41) is 10.7. The smallest absolute Gasteiger partial charge is 0.317 e. The van der Waals surface area contributed by atoms with Gasteiger partial charge < -0.3 is 25.8 Å². The van der Waals surface area contributed by atoms with E-state index in [-0.39, 0.29) is 11.6 Å². The second-order valence-electron chi connectivity index (χ2n) is 9.66. The summed E-state index contributed by atoms with van der Waals surface area (Å²) in [6.07, 6.45) is 4.45. The zero-order valence-corrected chi connectivity index (χ0v) is 21.0. The molecule has 0 atom stereocenters. The number of hydrogen-bond acceptors (Lipinski definition) is 7. The minimum Gasteiger partial charge on any atom is -0.340 e. The lowest BCUT2D eigenvalue weighted by atomic mass is 10.1. The quantitative estimate of drug-likeness (QED) is 0.296. The van der Waals surface area contributed by atoms with Crippen molar-refractivity contribution in [1.29, 1.82) is 0 Å². The molecule has 4 aromatic rings. The number of urea groups is 1. The third-order valence-electron chi connectivity index (χ3n) is 5.92. The molecule has 2 amide bonds. The van der Waals surface area contributed by atoms with Crippen molar-refractivity contribution in [3.63, 3.8) is 0 Å². The van der Waals surface area contributed by atoms with Gasteiger partial charge in [0.15, 0.2) is 0 Å². The first kappa shape index (κ1) is 23.3. The molecule has 4 N–H and O–H groups in total. The Kier molecular flexibility index (Phi) is 6.40. The van der Waals surface area contributed by atoms with Gasteiger partial charge in [0, 0.05) is 43.1 Å². The fourth-order valence-corrected chi connectivity index (χ4v) is 4.82. The number of benzene rings is 1. The highest BCUT2D eigenvalue weighted by Crippen LogP contribution is 2.30. The molecule has 0 aliphatic carbocycles. The van der Waals surface area contributed by atoms with Crippen LogP contribution in [0.4, 0.5) is 16.3 Å². The molecule has 3 aromatic heterocycles. The number of carbonyl (C=O) groups is 1. The van der Waals surface area contributed by atoms with Crippen molar-refractivity contribution in [3.8, 4) is 0 Å². The fourth-order valence-electron chi connectivity index (χ4n) is 4.10. The molecule has 35 heavy (non-hydrogen) atoms. The Morgan fingerprint density at radius 1 is 1.17 bits per heavy atom. The molecular formula is C25H30N8OS. The summed E-state index contributed by atoms with van der Waals surface area (Å²) in [6, 6.07) is 8.15. The number of thiazole rings is 1. The number of H-pyrrole nitrogens is 1. The standard InChI is InChI=1S/C25H30N8OS/c1-25(2,3)30-9-8-26-24(34)33-10-6-16(7-11-33)20-13-18-22(27-14-28-23(18)32-20)31-17-4-5-19-21(12-17)35-15-29-19/h4-6,12-15,30H,7-11H2,1-3H3,(H,26,34)(H2,27,28,31,32). The molecule has 182 valence electrons. The Morgan fingerprint density at radius 2 is 2.06 bits per heavy atom. The van der Waals surface area contributed by atoms with E-state index >= 15 is 0 Å². The van der Waals surface area contributed by atoms with Crippen LogP contribution < -0.4 is 16.0 Å². The Balaban J connectivity index is 1.25. The molecule has 5 rings (SSSR count). The van der Waals surface area contributed by atoms with Crippen LogP contribution in [0.5, 0.6) is 0 Å². The molecule has 0 spiro atoms. The Bertz CT molecular complexity index is 1380. The van der Waals surface area contributed by atoms with Crippen LogP contribution in [0.2, 0.25) is 0 Å². The first-order valence-electron chi connectivity index (χ1n) is 11.8. The minimum absolute atomic E-state index is 0.0251. The minimum atomic E-state index is -0.0251. The molecule has 10 heteroatoms. The maximum Gasteiger partial charge on any atom is 0.317 e. The maximum absolute atomic E-state index is 12.5. The van der Waals surface area contributed by atoms with Crippen molar-refractivity contribution in [3.05, 3.63) is 47.9 Å². The number of hydrogen-bond donors (Lipinski definition) is 4. The van der Waals surface area contributed by atoms with Gasteiger partial charge in [-0.2, -0.15) is 0 Å². The van der Waals surface area contributed by atoms with Gasteiger partial charge in [-0.1, -0.05) is 6.08 Å². The molecular weight excluding hydrogens is 460 g/mol. The van der Waals surface area contributed by atoms with Crippen LogP contribution in [0, 0.1) is 0 Å². The second-order valence-corrected chi connectivity index (χ2v) is 10.5. The Labute approximate surface area is 208 Å². The van der Waals surface area contributed by atoms with Crippen molar-refractivity contribution in [1.82, 2.24) is 35.5 Å². The SMILES string of the molecule is CC(C)(C)NCCNC(=O)N1CC=C(c2cc3c(Nc4ccc5ncsc5c4)ncnc3[nH]2)CC1. The molecule has 0 bridgehead atoms. The number of rotatable bonds is 6. The summed E-state index contributed by atoms with van der Waals surface area (Å²) in [7, 11) is 0. The zero-order chi connectivity index (χ0) is 24.4. The molecule has 0 radical (unpaired) electrons. The van der Waals surface area contributed by atoms with E-state index in [0.717, 1.165) is 51.4 Å². The van der Waals surface area contributed by atoms with Crippen molar-refractivity contribution < 1.29 is 4.79 Å². The highest BCUT2D eigenvalue weighted by Gasteiger charge is 2.19. The van der Waals surface area contributed by atoms with Crippen LogP contribution >= 0.6 is 11.3 Å². The van der Waals surface area contributed by atoms with Crippen LogP contribution in [0.1, 0.15) is 32.9 Å². The largest absolute Gasteiger partial charge is 0.340 e. The van der Waals surface area contributed by atoms with E-state index in [0.29, 0.717) is 19.6 Å². The van der Waals surface area contributed by atoms with Gasteiger partial charge in [0.1, 0.15) is 17.8 Å². The summed E-state index contributed by atoms with van der Waals surface area (Å²) in [5.41, 5.74) is 6.81. The summed E-state index contributed by atoms with van der Waals surface area (Å²) in [6.45, 7) is 8.94. The van der Waals surface area contributed by atoms with E-state index < -0.39 is 0 Å². The molecule has 1 aromatic carbocycles. The highest BCUT2D eigenvalue weighted by atomic mass is 32.1. The van der Waals surface area contributed by atoms with Crippen molar-refractivity contribution >= 4 is 55.7 Å². The average Bonchev–Trinajstić information content (AvgIpc) is 3.48. The zero-order valence-electron chi connectivity index (χ0n) is 20.2. The predicted molar refractivity (Wildman–Crippen MR) is 142 cm³/mol. The van der Waals surface area contributed by atoms with Gasteiger partial charge in [0.25, 0.3) is 0 Å². The normalized spacial score (nSPS) is 14.4. The molecule has 4 heterocycles. The summed E-state index contributed by atoms with van der Waals surface area (Å²) < 4.78 is 1.13. The molecule has 1 aliphatic heterocycles. The molecule has 0 saturated heterocycles. The lowest BCUT2D eigenvalue weighted by molar-refractivity contribution is 0.202. The monoisotopic (exact) mass is 490 g/mol. The highest BCUT2D eigenvalue weighted by molar-refractivity contribution is 7.16. The van der Waals surface area contributed by atoms with E-state index in [9.17, 15) is 4.79 Å². The van der Waals surface area contributed by atoms with E-state index in [4.69, 9.17) is 0 Å². The number of aromatic amines is 1. The van der Waals surface area contributed by atoms with Gasteiger partial charge in [0.2, 0.25) is 0 Å². The maximum atomic E-state index is 12.5. The van der Waals surface area contributed by atoms with E-state index in [1.54, 1.807) is 17.7 Å². The molecule has 0 unspecified atom stereocenters. The van der Waals surface area contributed by atoms with E-state index in [1.807, 2.05) is 22.5 Å². The first-order chi connectivity index (χ1) is 16.9. The Hall–Kier alpha value is -3.50. The number of anilines is 2. The van der Waals surface area contributed by atoms with E-state index in [1.165, 1.54) is 5.57 Å². The molecule has 1 aliphatic rings. The van der Waals surface area contributed by atoms with Gasteiger partial charge in [-0.25, -0.2) is 19.7 Å². The number of carbonyl (C=O) groups excluding carboxylic acids is 1. The third-order valence-corrected chi connectivity index (χ3v) is 6.71. The molecule has 0 saturated carbocycles. The summed E-state index contributed by atoms with van der Waals surface area (Å²) in [4.78, 5) is 31.0. The molecule has 9 nitrogen and oxygen atoms in total. The number of nitrogens with one attached hydrogen (secondary N) is 4. The number of nitrogens with zero attached hydrogens (tertiary/aromatic N) is 4. The number of amides is 2. The summed E-state index contributed by atoms with van der Waals surface area (Å²) in [5.74, 6) is 0.752. The number of aromatic nitrogens is 4. The fraction of sp³-hybridized carbons (Fsp3) is 0.360.